The van der Waals surface area contributed by atoms with Gasteiger partial charge in [-0.1, -0.05) is 24.3 Å². The Labute approximate surface area is 140 Å². The fourth-order valence-corrected chi connectivity index (χ4v) is 3.23. The van der Waals surface area contributed by atoms with Crippen LogP contribution in [0.4, 0.5) is 0 Å². The first kappa shape index (κ1) is 14.8. The zero-order valence-corrected chi connectivity index (χ0v) is 13.5. The monoisotopic (exact) mass is 322 g/mol. The summed E-state index contributed by atoms with van der Waals surface area (Å²) in [7, 11) is 1.60. The van der Waals surface area contributed by atoms with Crippen LogP contribution in [0.25, 0.3) is 6.08 Å². The summed E-state index contributed by atoms with van der Waals surface area (Å²) >= 11 is 0. The molecular formula is C20H18O4. The van der Waals surface area contributed by atoms with Crippen LogP contribution in [0.15, 0.2) is 42.0 Å². The van der Waals surface area contributed by atoms with E-state index in [4.69, 9.17) is 14.2 Å². The molecule has 4 nitrogen and oxygen atoms in total. The van der Waals surface area contributed by atoms with Crippen LogP contribution in [0.2, 0.25) is 0 Å². The zero-order chi connectivity index (χ0) is 16.5. The van der Waals surface area contributed by atoms with Crippen molar-refractivity contribution in [3.05, 3.63) is 58.7 Å². The van der Waals surface area contributed by atoms with E-state index in [1.807, 2.05) is 42.5 Å². The highest BCUT2D eigenvalue weighted by atomic mass is 16.6. The number of carbonyl (C=O) groups is 1. The molecule has 4 heteroatoms. The van der Waals surface area contributed by atoms with Gasteiger partial charge in [-0.15, -0.1) is 0 Å². The highest BCUT2D eigenvalue weighted by molar-refractivity contribution is 6.13. The van der Waals surface area contributed by atoms with Gasteiger partial charge in [0.25, 0.3) is 0 Å². The van der Waals surface area contributed by atoms with Crippen LogP contribution < -0.4 is 14.2 Å². The van der Waals surface area contributed by atoms with Crippen molar-refractivity contribution in [3.8, 4) is 17.2 Å². The van der Waals surface area contributed by atoms with E-state index in [0.29, 0.717) is 30.5 Å². The fourth-order valence-electron chi connectivity index (χ4n) is 3.23. The molecule has 0 bridgehead atoms. The molecule has 0 aromatic heterocycles. The number of ketones is 1. The van der Waals surface area contributed by atoms with Crippen LogP contribution in [0.5, 0.6) is 17.2 Å². The van der Waals surface area contributed by atoms with Crippen molar-refractivity contribution in [3.63, 3.8) is 0 Å². The highest BCUT2D eigenvalue weighted by Crippen LogP contribution is 2.41. The lowest BCUT2D eigenvalue weighted by atomic mass is 9.86. The number of carbonyl (C=O) groups excluding carboxylic acids is 1. The van der Waals surface area contributed by atoms with E-state index in [1.54, 1.807) is 7.11 Å². The first-order chi connectivity index (χ1) is 11.8. The van der Waals surface area contributed by atoms with E-state index in [1.165, 1.54) is 0 Å². The number of aryl methyl sites for hydroxylation is 1. The average Bonchev–Trinajstić information content (AvgIpc) is 2.63. The Balaban J connectivity index is 1.73. The Kier molecular flexibility index (Phi) is 3.73. The number of hydrogen-bond donors (Lipinski definition) is 0. The molecule has 0 N–H and O–H groups in total. The SMILES string of the molecule is COc1cc(/C=C2\CCc3ccccc3C2=O)cc2c1OCCO2. The van der Waals surface area contributed by atoms with Gasteiger partial charge < -0.3 is 14.2 Å². The van der Waals surface area contributed by atoms with Crippen molar-refractivity contribution < 1.29 is 19.0 Å². The van der Waals surface area contributed by atoms with Crippen molar-refractivity contribution in [2.24, 2.45) is 0 Å². The molecule has 1 aliphatic carbocycles. The van der Waals surface area contributed by atoms with Gasteiger partial charge >= 0.3 is 0 Å². The maximum absolute atomic E-state index is 12.7. The fraction of sp³-hybridized carbons (Fsp3) is 0.250. The Morgan fingerprint density at radius 3 is 2.79 bits per heavy atom. The predicted octanol–water partition coefficient (Wildman–Crippen LogP) is 3.68. The molecule has 2 aromatic rings. The van der Waals surface area contributed by atoms with Crippen LogP contribution in [-0.4, -0.2) is 26.1 Å². The highest BCUT2D eigenvalue weighted by Gasteiger charge is 2.22. The van der Waals surface area contributed by atoms with Crippen molar-refractivity contribution >= 4 is 11.9 Å². The second-order valence-electron chi connectivity index (χ2n) is 5.90. The van der Waals surface area contributed by atoms with Gasteiger partial charge in [0, 0.05) is 11.1 Å². The first-order valence-electron chi connectivity index (χ1n) is 8.07. The molecule has 1 aliphatic heterocycles. The van der Waals surface area contributed by atoms with Crippen LogP contribution in [0.3, 0.4) is 0 Å². The Morgan fingerprint density at radius 2 is 1.92 bits per heavy atom. The summed E-state index contributed by atoms with van der Waals surface area (Å²) in [5.74, 6) is 2.02. The molecule has 0 spiro atoms. The molecule has 0 amide bonds. The lowest BCUT2D eigenvalue weighted by Crippen LogP contribution is -2.16. The quantitative estimate of drug-likeness (QED) is 0.791. The van der Waals surface area contributed by atoms with Gasteiger partial charge in [0.15, 0.2) is 17.3 Å². The van der Waals surface area contributed by atoms with E-state index in [2.05, 4.69) is 0 Å². The minimum Gasteiger partial charge on any atom is -0.493 e. The number of rotatable bonds is 2. The van der Waals surface area contributed by atoms with Gasteiger partial charge in [-0.25, -0.2) is 0 Å². The summed E-state index contributed by atoms with van der Waals surface area (Å²) in [6.07, 6.45) is 3.56. The largest absolute Gasteiger partial charge is 0.493 e. The van der Waals surface area contributed by atoms with E-state index < -0.39 is 0 Å². The minimum absolute atomic E-state index is 0.103. The third-order valence-electron chi connectivity index (χ3n) is 4.41. The topological polar surface area (TPSA) is 44.8 Å². The number of benzene rings is 2. The smallest absolute Gasteiger partial charge is 0.203 e. The Hall–Kier alpha value is -2.75. The van der Waals surface area contributed by atoms with Crippen LogP contribution in [0.1, 0.15) is 27.9 Å². The molecule has 2 aromatic carbocycles. The second kappa shape index (κ2) is 6.04. The molecular weight excluding hydrogens is 304 g/mol. The Morgan fingerprint density at radius 1 is 1.08 bits per heavy atom. The van der Waals surface area contributed by atoms with Gasteiger partial charge in [0.2, 0.25) is 5.75 Å². The minimum atomic E-state index is 0.103. The van der Waals surface area contributed by atoms with Crippen molar-refractivity contribution in [2.45, 2.75) is 12.8 Å². The number of Topliss-reactive ketones (excluding diaryl/α,β-unsaturated/α-hetero) is 1. The van der Waals surface area contributed by atoms with E-state index in [9.17, 15) is 4.79 Å². The third kappa shape index (κ3) is 2.54. The van der Waals surface area contributed by atoms with Crippen molar-refractivity contribution in [2.75, 3.05) is 20.3 Å². The standard InChI is InChI=1S/C20H18O4/c1-22-17-11-13(12-18-20(17)24-9-8-23-18)10-15-7-6-14-4-2-3-5-16(14)19(15)21/h2-5,10-12H,6-9H2,1H3/b15-10+. The van der Waals surface area contributed by atoms with E-state index >= 15 is 0 Å². The first-order valence-corrected chi connectivity index (χ1v) is 8.07. The maximum atomic E-state index is 12.7. The lowest BCUT2D eigenvalue weighted by molar-refractivity contribution is 0.102. The number of fused-ring (bicyclic) bond motifs is 2. The van der Waals surface area contributed by atoms with Crippen molar-refractivity contribution in [1.29, 1.82) is 0 Å². The summed E-state index contributed by atoms with van der Waals surface area (Å²) < 4.78 is 16.7. The molecule has 0 saturated carbocycles. The van der Waals surface area contributed by atoms with Gasteiger partial charge in [-0.2, -0.15) is 0 Å². The zero-order valence-electron chi connectivity index (χ0n) is 13.5. The average molecular weight is 322 g/mol. The molecule has 0 fully saturated rings. The molecule has 2 aliphatic rings. The molecule has 0 radical (unpaired) electrons. The summed E-state index contributed by atoms with van der Waals surface area (Å²) in [5.41, 5.74) is 3.63. The summed E-state index contributed by atoms with van der Waals surface area (Å²) in [6.45, 7) is 1.03. The number of allylic oxidation sites excluding steroid dienone is 1. The number of methoxy groups -OCH3 is 1. The molecule has 4 rings (SSSR count). The summed E-state index contributed by atoms with van der Waals surface area (Å²) in [5, 5.41) is 0. The molecule has 1 heterocycles. The normalized spacial score (nSPS) is 17.5. The third-order valence-corrected chi connectivity index (χ3v) is 4.41. The van der Waals surface area contributed by atoms with Gasteiger partial charge in [0.05, 0.1) is 7.11 Å². The van der Waals surface area contributed by atoms with Crippen LogP contribution >= 0.6 is 0 Å². The predicted molar refractivity (Wildman–Crippen MR) is 91.1 cm³/mol. The summed E-state index contributed by atoms with van der Waals surface area (Å²) in [6, 6.07) is 11.6. The molecule has 122 valence electrons. The number of hydrogen-bond acceptors (Lipinski definition) is 4. The van der Waals surface area contributed by atoms with E-state index in [-0.39, 0.29) is 5.78 Å². The molecule has 24 heavy (non-hydrogen) atoms. The van der Waals surface area contributed by atoms with Gasteiger partial charge in [0.1, 0.15) is 13.2 Å². The lowest BCUT2D eigenvalue weighted by Gasteiger charge is -2.21. The molecule has 0 saturated heterocycles. The van der Waals surface area contributed by atoms with Crippen LogP contribution in [-0.2, 0) is 6.42 Å². The van der Waals surface area contributed by atoms with Crippen LogP contribution in [0, 0.1) is 0 Å². The second-order valence-corrected chi connectivity index (χ2v) is 5.90. The molecule has 0 atom stereocenters. The summed E-state index contributed by atoms with van der Waals surface area (Å²) in [4.78, 5) is 12.7. The maximum Gasteiger partial charge on any atom is 0.203 e. The van der Waals surface area contributed by atoms with Crippen molar-refractivity contribution in [1.82, 2.24) is 0 Å². The molecule has 0 unspecified atom stereocenters. The number of ether oxygens (including phenoxy) is 3. The Bertz CT molecular complexity index is 818. The van der Waals surface area contributed by atoms with Gasteiger partial charge in [-0.05, 0) is 42.2 Å². The van der Waals surface area contributed by atoms with E-state index in [0.717, 1.165) is 35.1 Å². The van der Waals surface area contributed by atoms with Gasteiger partial charge in [-0.3, -0.25) is 4.79 Å².